The summed E-state index contributed by atoms with van der Waals surface area (Å²) in [5.74, 6) is -0.0696. The lowest BCUT2D eigenvalue weighted by molar-refractivity contribution is -0.115. The van der Waals surface area contributed by atoms with Crippen LogP contribution >= 0.6 is 11.8 Å². The lowest BCUT2D eigenvalue weighted by atomic mass is 10.0. The largest absolute Gasteiger partial charge is 0.385 e. The fourth-order valence-corrected chi connectivity index (χ4v) is 3.63. The molecule has 1 atom stereocenters. The molecule has 2 aromatic carbocycles. The van der Waals surface area contributed by atoms with Crippen LogP contribution in [0.5, 0.6) is 0 Å². The van der Waals surface area contributed by atoms with E-state index in [4.69, 9.17) is 4.74 Å². The molecule has 146 valence electrons. The van der Waals surface area contributed by atoms with E-state index in [-0.39, 0.29) is 11.2 Å². The van der Waals surface area contributed by atoms with Crippen LogP contribution in [0.4, 0.5) is 5.69 Å². The fraction of sp³-hybridized carbons (Fsp3) is 0.286. The molecule has 1 unspecified atom stereocenters. The summed E-state index contributed by atoms with van der Waals surface area (Å²) >= 11 is 1.40. The van der Waals surface area contributed by atoms with Crippen molar-refractivity contribution in [2.24, 2.45) is 0 Å². The first-order valence-corrected chi connectivity index (χ1v) is 10.1. The zero-order chi connectivity index (χ0) is 19.8. The minimum Gasteiger partial charge on any atom is -0.385 e. The van der Waals surface area contributed by atoms with Crippen LogP contribution in [-0.2, 0) is 16.1 Å². The standard InChI is InChI=1S/C21H24N4O2S/c1-16(28-21-24-22-15-25(21)13-8-14-27-2)20(26)23-19-12-7-6-11-18(19)17-9-4-3-5-10-17/h3-7,9-12,15-16H,8,13-14H2,1-2H3,(H,23,26). The van der Waals surface area contributed by atoms with Crippen LogP contribution < -0.4 is 5.32 Å². The van der Waals surface area contributed by atoms with Gasteiger partial charge in [0, 0.05) is 31.5 Å². The highest BCUT2D eigenvalue weighted by atomic mass is 32.2. The zero-order valence-electron chi connectivity index (χ0n) is 16.0. The smallest absolute Gasteiger partial charge is 0.237 e. The van der Waals surface area contributed by atoms with Crippen LogP contribution in [0.1, 0.15) is 13.3 Å². The highest BCUT2D eigenvalue weighted by molar-refractivity contribution is 8.00. The molecule has 0 aliphatic rings. The fourth-order valence-electron chi connectivity index (χ4n) is 2.78. The summed E-state index contributed by atoms with van der Waals surface area (Å²) in [5.41, 5.74) is 2.86. The molecule has 3 rings (SSSR count). The van der Waals surface area contributed by atoms with Gasteiger partial charge in [-0.25, -0.2) is 0 Å². The molecule has 0 aliphatic heterocycles. The van der Waals surface area contributed by atoms with Gasteiger partial charge in [0.15, 0.2) is 5.16 Å². The van der Waals surface area contributed by atoms with Crippen LogP contribution in [-0.4, -0.2) is 39.6 Å². The Balaban J connectivity index is 1.67. The highest BCUT2D eigenvalue weighted by Gasteiger charge is 2.19. The predicted molar refractivity (Wildman–Crippen MR) is 112 cm³/mol. The number of hydrogen-bond acceptors (Lipinski definition) is 5. The van der Waals surface area contributed by atoms with Crippen molar-refractivity contribution in [3.8, 4) is 11.1 Å². The van der Waals surface area contributed by atoms with E-state index >= 15 is 0 Å². The molecular formula is C21H24N4O2S. The predicted octanol–water partition coefficient (Wildman–Crippen LogP) is 4.10. The molecule has 0 radical (unpaired) electrons. The Bertz CT molecular complexity index is 898. The number of amides is 1. The number of aryl methyl sites for hydroxylation is 1. The number of hydrogen-bond donors (Lipinski definition) is 1. The van der Waals surface area contributed by atoms with Crippen LogP contribution in [0.15, 0.2) is 66.1 Å². The van der Waals surface area contributed by atoms with E-state index in [2.05, 4.69) is 15.5 Å². The number of para-hydroxylation sites is 1. The van der Waals surface area contributed by atoms with E-state index in [1.165, 1.54) is 11.8 Å². The second-order valence-corrected chi connectivity index (χ2v) is 7.62. The molecule has 6 nitrogen and oxygen atoms in total. The molecule has 1 amide bonds. The molecule has 0 bridgehead atoms. The molecule has 0 spiro atoms. The number of anilines is 1. The number of carbonyl (C=O) groups excluding carboxylic acids is 1. The molecule has 1 N–H and O–H groups in total. The van der Waals surface area contributed by atoms with Crippen LogP contribution in [0.2, 0.25) is 0 Å². The van der Waals surface area contributed by atoms with Crippen LogP contribution in [0.25, 0.3) is 11.1 Å². The zero-order valence-corrected chi connectivity index (χ0v) is 16.9. The number of nitrogens with one attached hydrogen (secondary N) is 1. The topological polar surface area (TPSA) is 69.0 Å². The Morgan fingerprint density at radius 1 is 1.18 bits per heavy atom. The van der Waals surface area contributed by atoms with E-state index in [1.54, 1.807) is 13.4 Å². The second kappa shape index (κ2) is 10.1. The number of rotatable bonds is 9. The third-order valence-electron chi connectivity index (χ3n) is 4.25. The maximum absolute atomic E-state index is 12.8. The summed E-state index contributed by atoms with van der Waals surface area (Å²) in [5, 5.41) is 11.6. The second-order valence-electron chi connectivity index (χ2n) is 6.31. The molecule has 3 aromatic rings. The molecule has 0 fully saturated rings. The number of ether oxygens (including phenoxy) is 1. The first kappa shape index (κ1) is 20.1. The van der Waals surface area contributed by atoms with E-state index in [0.717, 1.165) is 34.9 Å². The number of benzene rings is 2. The van der Waals surface area contributed by atoms with Crippen LogP contribution in [0, 0.1) is 0 Å². The molecule has 1 aromatic heterocycles. The van der Waals surface area contributed by atoms with Gasteiger partial charge in [-0.15, -0.1) is 10.2 Å². The summed E-state index contributed by atoms with van der Waals surface area (Å²) in [6.07, 6.45) is 2.56. The van der Waals surface area contributed by atoms with E-state index in [0.29, 0.717) is 6.61 Å². The summed E-state index contributed by atoms with van der Waals surface area (Å²) < 4.78 is 7.04. The number of thioether (sulfide) groups is 1. The van der Waals surface area contributed by atoms with Gasteiger partial charge in [0.1, 0.15) is 6.33 Å². The van der Waals surface area contributed by atoms with E-state index in [9.17, 15) is 4.79 Å². The van der Waals surface area contributed by atoms with Crippen molar-refractivity contribution in [3.05, 3.63) is 60.9 Å². The molecule has 1 heterocycles. The SMILES string of the molecule is COCCCn1cnnc1SC(C)C(=O)Nc1ccccc1-c1ccccc1. The summed E-state index contributed by atoms with van der Waals surface area (Å²) in [7, 11) is 1.68. The van der Waals surface area contributed by atoms with Gasteiger partial charge in [-0.1, -0.05) is 60.3 Å². The van der Waals surface area contributed by atoms with Crippen molar-refractivity contribution in [1.82, 2.24) is 14.8 Å². The first-order valence-electron chi connectivity index (χ1n) is 9.17. The van der Waals surface area contributed by atoms with Gasteiger partial charge in [0.05, 0.1) is 5.25 Å². The van der Waals surface area contributed by atoms with Gasteiger partial charge in [-0.05, 0) is 25.0 Å². The van der Waals surface area contributed by atoms with Gasteiger partial charge >= 0.3 is 0 Å². The quantitative estimate of drug-likeness (QED) is 0.436. The van der Waals surface area contributed by atoms with Gasteiger partial charge in [0.25, 0.3) is 0 Å². The third kappa shape index (κ3) is 5.21. The lowest BCUT2D eigenvalue weighted by Crippen LogP contribution is -2.23. The molecule has 0 saturated heterocycles. The lowest BCUT2D eigenvalue weighted by Gasteiger charge is -2.15. The monoisotopic (exact) mass is 396 g/mol. The average Bonchev–Trinajstić information content (AvgIpc) is 3.16. The van der Waals surface area contributed by atoms with Gasteiger partial charge < -0.3 is 14.6 Å². The van der Waals surface area contributed by atoms with Gasteiger partial charge in [0.2, 0.25) is 5.91 Å². The summed E-state index contributed by atoms with van der Waals surface area (Å²) in [6.45, 7) is 3.31. The number of methoxy groups -OCH3 is 1. The summed E-state index contributed by atoms with van der Waals surface area (Å²) in [6, 6.07) is 17.8. The minimum absolute atomic E-state index is 0.0696. The number of carbonyl (C=O) groups is 1. The maximum atomic E-state index is 12.8. The molecule has 7 heteroatoms. The van der Waals surface area contributed by atoms with Crippen molar-refractivity contribution >= 4 is 23.4 Å². The number of aromatic nitrogens is 3. The van der Waals surface area contributed by atoms with Crippen molar-refractivity contribution in [3.63, 3.8) is 0 Å². The molecule has 28 heavy (non-hydrogen) atoms. The maximum Gasteiger partial charge on any atom is 0.237 e. The minimum atomic E-state index is -0.311. The Labute approximate surface area is 169 Å². The van der Waals surface area contributed by atoms with E-state index < -0.39 is 0 Å². The third-order valence-corrected chi connectivity index (χ3v) is 5.34. The van der Waals surface area contributed by atoms with Gasteiger partial charge in [-0.3, -0.25) is 4.79 Å². The highest BCUT2D eigenvalue weighted by Crippen LogP contribution is 2.29. The summed E-state index contributed by atoms with van der Waals surface area (Å²) in [4.78, 5) is 12.8. The van der Waals surface area contributed by atoms with Crippen molar-refractivity contribution in [2.45, 2.75) is 30.3 Å². The Morgan fingerprint density at radius 3 is 2.71 bits per heavy atom. The first-order chi connectivity index (χ1) is 13.7. The van der Waals surface area contributed by atoms with Crippen molar-refractivity contribution in [2.75, 3.05) is 19.0 Å². The Kier molecular flexibility index (Phi) is 7.22. The van der Waals surface area contributed by atoms with E-state index in [1.807, 2.05) is 66.1 Å². The van der Waals surface area contributed by atoms with Crippen LogP contribution in [0.3, 0.4) is 0 Å². The van der Waals surface area contributed by atoms with Crippen molar-refractivity contribution < 1.29 is 9.53 Å². The average molecular weight is 397 g/mol. The Hall–Kier alpha value is -2.64. The molecule has 0 aliphatic carbocycles. The normalized spacial score (nSPS) is 11.9. The van der Waals surface area contributed by atoms with Crippen molar-refractivity contribution in [1.29, 1.82) is 0 Å². The molecule has 0 saturated carbocycles. The molecular weight excluding hydrogens is 372 g/mol. The van der Waals surface area contributed by atoms with Gasteiger partial charge in [-0.2, -0.15) is 0 Å². The number of nitrogens with zero attached hydrogens (tertiary/aromatic N) is 3. The Morgan fingerprint density at radius 2 is 1.93 bits per heavy atom.